The quantitative estimate of drug-likeness (QED) is 0.328. The van der Waals surface area contributed by atoms with Gasteiger partial charge in [0.05, 0.1) is 5.56 Å². The van der Waals surface area contributed by atoms with E-state index in [9.17, 15) is 13.2 Å². The van der Waals surface area contributed by atoms with Gasteiger partial charge in [-0.25, -0.2) is 0 Å². The second-order valence-electron chi connectivity index (χ2n) is 9.44. The summed E-state index contributed by atoms with van der Waals surface area (Å²) in [5, 5.41) is 3.90. The predicted octanol–water partition coefficient (Wildman–Crippen LogP) is 5.25. The number of likely N-dealkylation sites (tertiary alicyclic amines) is 1. The third kappa shape index (κ3) is 4.97. The Morgan fingerprint density at radius 1 is 0.919 bits per heavy atom. The molecule has 2 aliphatic rings. The summed E-state index contributed by atoms with van der Waals surface area (Å²) in [5.41, 5.74) is 4.78. The second kappa shape index (κ2) is 10.2. The van der Waals surface area contributed by atoms with Gasteiger partial charge in [0.2, 0.25) is 0 Å². The first-order valence-electron chi connectivity index (χ1n) is 12.3. The molecule has 1 saturated heterocycles. The topological polar surface area (TPSA) is 91.5 Å². The minimum Gasteiger partial charge on any atom is -0.379 e. The highest BCUT2D eigenvalue weighted by atomic mass is 35.5. The maximum atomic E-state index is 12.8. The van der Waals surface area contributed by atoms with E-state index in [0.29, 0.717) is 11.1 Å². The SMILES string of the molecule is Cl.O=C1NCc2c(OS(=O)(=O)c3ccccc3)ccc(-c3cc4cc(CN5CCCCC5)ccc4[nH]3)c21. The summed E-state index contributed by atoms with van der Waals surface area (Å²) in [4.78, 5) is 18.8. The molecule has 0 unspecified atom stereocenters. The van der Waals surface area contributed by atoms with E-state index in [1.165, 1.54) is 37.0 Å². The number of nitrogens with zero attached hydrogens (tertiary/aromatic N) is 1. The zero-order chi connectivity index (χ0) is 24.7. The molecule has 3 aromatic carbocycles. The third-order valence-electron chi connectivity index (χ3n) is 6.98. The maximum Gasteiger partial charge on any atom is 0.339 e. The van der Waals surface area contributed by atoms with Gasteiger partial charge in [-0.1, -0.05) is 30.7 Å². The molecule has 2 N–H and O–H groups in total. The Morgan fingerprint density at radius 3 is 2.49 bits per heavy atom. The fourth-order valence-corrected chi connectivity index (χ4v) is 6.16. The zero-order valence-electron chi connectivity index (χ0n) is 20.2. The van der Waals surface area contributed by atoms with Crippen LogP contribution in [0.1, 0.15) is 40.7 Å². The first-order chi connectivity index (χ1) is 17.5. The molecule has 1 amide bonds. The smallest absolute Gasteiger partial charge is 0.339 e. The molecule has 0 aliphatic carbocycles. The van der Waals surface area contributed by atoms with E-state index < -0.39 is 10.1 Å². The Kier molecular flexibility index (Phi) is 6.98. The van der Waals surface area contributed by atoms with E-state index in [-0.39, 0.29) is 35.5 Å². The molecule has 3 heterocycles. The van der Waals surface area contributed by atoms with E-state index in [0.717, 1.165) is 41.8 Å². The summed E-state index contributed by atoms with van der Waals surface area (Å²) in [5.74, 6) is -0.0807. The van der Waals surface area contributed by atoms with Crippen molar-refractivity contribution in [2.45, 2.75) is 37.2 Å². The van der Waals surface area contributed by atoms with E-state index in [1.54, 1.807) is 30.3 Å². The number of hydrogen-bond donors (Lipinski definition) is 2. The lowest BCUT2D eigenvalue weighted by molar-refractivity contribution is 0.0966. The Labute approximate surface area is 222 Å². The number of nitrogens with one attached hydrogen (secondary N) is 2. The molecule has 1 fully saturated rings. The highest BCUT2D eigenvalue weighted by Crippen LogP contribution is 2.37. The fourth-order valence-electron chi connectivity index (χ4n) is 5.18. The summed E-state index contributed by atoms with van der Waals surface area (Å²) >= 11 is 0. The van der Waals surface area contributed by atoms with Gasteiger partial charge in [-0.2, -0.15) is 8.42 Å². The van der Waals surface area contributed by atoms with Crippen molar-refractivity contribution in [1.29, 1.82) is 0 Å². The number of hydrogen-bond acceptors (Lipinski definition) is 5. The van der Waals surface area contributed by atoms with Crippen LogP contribution in [0.4, 0.5) is 0 Å². The van der Waals surface area contributed by atoms with Crippen LogP contribution in [0, 0.1) is 0 Å². The predicted molar refractivity (Wildman–Crippen MR) is 146 cm³/mol. The van der Waals surface area contributed by atoms with Crippen LogP contribution >= 0.6 is 12.4 Å². The number of halogens is 1. The molecule has 9 heteroatoms. The highest BCUT2D eigenvalue weighted by Gasteiger charge is 2.29. The minimum absolute atomic E-state index is 0. The molecule has 4 aromatic rings. The lowest BCUT2D eigenvalue weighted by Gasteiger charge is -2.26. The molecule has 6 rings (SSSR count). The molecule has 0 bridgehead atoms. The zero-order valence-corrected chi connectivity index (χ0v) is 21.8. The average molecular weight is 538 g/mol. The Hall–Kier alpha value is -3.33. The Bertz CT molecular complexity index is 1560. The van der Waals surface area contributed by atoms with Crippen LogP contribution in [0.15, 0.2) is 71.6 Å². The number of H-pyrrole nitrogens is 1. The van der Waals surface area contributed by atoms with E-state index >= 15 is 0 Å². The summed E-state index contributed by atoms with van der Waals surface area (Å²) < 4.78 is 31.1. The van der Waals surface area contributed by atoms with Crippen LogP contribution in [0.2, 0.25) is 0 Å². The number of aromatic nitrogens is 1. The molecular weight excluding hydrogens is 510 g/mol. The molecule has 0 atom stereocenters. The minimum atomic E-state index is -4.02. The van der Waals surface area contributed by atoms with Gasteiger partial charge in [0.15, 0.2) is 0 Å². The van der Waals surface area contributed by atoms with Crippen molar-refractivity contribution in [3.05, 3.63) is 83.4 Å². The average Bonchev–Trinajstić information content (AvgIpc) is 3.49. The molecule has 0 spiro atoms. The first-order valence-corrected chi connectivity index (χ1v) is 13.7. The van der Waals surface area contributed by atoms with Crippen molar-refractivity contribution in [1.82, 2.24) is 15.2 Å². The number of amides is 1. The highest BCUT2D eigenvalue weighted by molar-refractivity contribution is 7.87. The number of benzene rings is 3. The van der Waals surface area contributed by atoms with Crippen molar-refractivity contribution in [2.24, 2.45) is 0 Å². The standard InChI is InChI=1S/C28H27N3O4S.ClH/c32-28-27-22(10-12-26(23(27)17-29-28)35-36(33,34)21-7-3-1-4-8-21)25-16-20-15-19(9-11-24(20)30-25)18-31-13-5-2-6-14-31;/h1,3-4,7-12,15-16,30H,2,5-6,13-14,17-18H2,(H,29,32);1H. The second-order valence-corrected chi connectivity index (χ2v) is 11.0. The van der Waals surface area contributed by atoms with Crippen LogP contribution < -0.4 is 9.50 Å². The van der Waals surface area contributed by atoms with Crippen molar-refractivity contribution in [2.75, 3.05) is 13.1 Å². The van der Waals surface area contributed by atoms with Crippen LogP contribution in [0.5, 0.6) is 5.75 Å². The third-order valence-corrected chi connectivity index (χ3v) is 8.23. The van der Waals surface area contributed by atoms with Crippen molar-refractivity contribution >= 4 is 39.3 Å². The molecule has 0 radical (unpaired) electrons. The van der Waals surface area contributed by atoms with Crippen LogP contribution in [-0.2, 0) is 23.2 Å². The molecule has 1 aromatic heterocycles. The van der Waals surface area contributed by atoms with E-state index in [1.807, 2.05) is 0 Å². The largest absolute Gasteiger partial charge is 0.379 e. The van der Waals surface area contributed by atoms with Gasteiger partial charge < -0.3 is 14.5 Å². The molecule has 2 aliphatic heterocycles. The number of fused-ring (bicyclic) bond motifs is 2. The van der Waals surface area contributed by atoms with Crippen molar-refractivity contribution in [3.63, 3.8) is 0 Å². The summed E-state index contributed by atoms with van der Waals surface area (Å²) in [6, 6.07) is 19.9. The molecule has 7 nitrogen and oxygen atoms in total. The van der Waals surface area contributed by atoms with Crippen LogP contribution in [0.25, 0.3) is 22.2 Å². The lowest BCUT2D eigenvalue weighted by atomic mass is 9.99. The van der Waals surface area contributed by atoms with Gasteiger partial charge in [0, 0.05) is 40.8 Å². The van der Waals surface area contributed by atoms with Gasteiger partial charge >= 0.3 is 10.1 Å². The van der Waals surface area contributed by atoms with Gasteiger partial charge in [-0.05, 0) is 74.0 Å². The van der Waals surface area contributed by atoms with E-state index in [2.05, 4.69) is 39.5 Å². The van der Waals surface area contributed by atoms with Crippen molar-refractivity contribution < 1.29 is 17.4 Å². The molecule has 0 saturated carbocycles. The fraction of sp³-hybridized carbons (Fsp3) is 0.250. The van der Waals surface area contributed by atoms with Crippen LogP contribution in [0.3, 0.4) is 0 Å². The maximum absolute atomic E-state index is 12.8. The monoisotopic (exact) mass is 537 g/mol. The Balaban J connectivity index is 0.00000280. The molecule has 192 valence electrons. The lowest BCUT2D eigenvalue weighted by Crippen LogP contribution is -2.28. The summed E-state index contributed by atoms with van der Waals surface area (Å²) in [6.45, 7) is 3.44. The number of rotatable bonds is 6. The summed E-state index contributed by atoms with van der Waals surface area (Å²) in [7, 11) is -4.02. The number of piperidine rings is 1. The van der Waals surface area contributed by atoms with Crippen LogP contribution in [-0.4, -0.2) is 37.3 Å². The van der Waals surface area contributed by atoms with E-state index in [4.69, 9.17) is 4.18 Å². The molecular formula is C28H28ClN3O4S. The summed E-state index contributed by atoms with van der Waals surface area (Å²) in [6.07, 6.45) is 3.84. The number of carbonyl (C=O) groups excluding carboxylic acids is 1. The van der Waals surface area contributed by atoms with Crippen molar-refractivity contribution in [3.8, 4) is 17.0 Å². The van der Waals surface area contributed by atoms with Gasteiger partial charge in [-0.3, -0.25) is 9.69 Å². The molecule has 37 heavy (non-hydrogen) atoms. The van der Waals surface area contributed by atoms with Gasteiger partial charge in [0.25, 0.3) is 5.91 Å². The number of aromatic amines is 1. The van der Waals surface area contributed by atoms with Gasteiger partial charge in [0.1, 0.15) is 10.6 Å². The number of carbonyl (C=O) groups is 1. The Morgan fingerprint density at radius 2 is 1.70 bits per heavy atom. The normalized spacial score (nSPS) is 15.7. The first kappa shape index (κ1) is 25.3. The van der Waals surface area contributed by atoms with Gasteiger partial charge in [-0.15, -0.1) is 12.4 Å².